The Morgan fingerprint density at radius 2 is 2.20 bits per heavy atom. The largest absolute Gasteiger partial charge is 0.481 e. The number of thiophene rings is 1. The monoisotopic (exact) mass is 298 g/mol. The van der Waals surface area contributed by atoms with Crippen molar-refractivity contribution in [1.82, 2.24) is 5.32 Å². The van der Waals surface area contributed by atoms with Gasteiger partial charge in [0, 0.05) is 24.6 Å². The molecular formula is C13H18N2O4S. The van der Waals surface area contributed by atoms with E-state index < -0.39 is 17.4 Å². The maximum Gasteiger partial charge on any atom is 0.311 e. The molecule has 1 saturated heterocycles. The molecule has 4 N–H and O–H groups in total. The highest BCUT2D eigenvalue weighted by Crippen LogP contribution is 2.30. The van der Waals surface area contributed by atoms with Gasteiger partial charge in [-0.15, -0.1) is 11.3 Å². The molecule has 2 heterocycles. The molecule has 20 heavy (non-hydrogen) atoms. The number of carboxylic acids is 1. The predicted octanol–water partition coefficient (Wildman–Crippen LogP) is 0.745. The van der Waals surface area contributed by atoms with E-state index in [2.05, 4.69) is 5.32 Å². The van der Waals surface area contributed by atoms with Crippen LogP contribution in [0.3, 0.4) is 0 Å². The lowest BCUT2D eigenvalue weighted by atomic mass is 9.80. The van der Waals surface area contributed by atoms with Gasteiger partial charge >= 0.3 is 5.97 Å². The van der Waals surface area contributed by atoms with Crippen molar-refractivity contribution in [2.75, 3.05) is 19.8 Å². The Bertz CT molecular complexity index is 469. The zero-order valence-electron chi connectivity index (χ0n) is 11.0. The van der Waals surface area contributed by atoms with Crippen LogP contribution >= 0.6 is 11.3 Å². The van der Waals surface area contributed by atoms with Gasteiger partial charge in [-0.05, 0) is 24.3 Å². The van der Waals surface area contributed by atoms with Crippen molar-refractivity contribution in [3.8, 4) is 0 Å². The highest BCUT2D eigenvalue weighted by Gasteiger charge is 2.40. The van der Waals surface area contributed by atoms with Crippen molar-refractivity contribution in [1.29, 1.82) is 0 Å². The minimum absolute atomic E-state index is 0.0869. The van der Waals surface area contributed by atoms with E-state index >= 15 is 0 Å². The number of ether oxygens (including phenoxy) is 1. The first-order chi connectivity index (χ1) is 9.55. The maximum absolute atomic E-state index is 12.0. The van der Waals surface area contributed by atoms with Crippen molar-refractivity contribution in [3.63, 3.8) is 0 Å². The van der Waals surface area contributed by atoms with Gasteiger partial charge in [-0.3, -0.25) is 9.59 Å². The molecule has 1 atom stereocenters. The number of hydrogen-bond acceptors (Lipinski definition) is 5. The minimum atomic E-state index is -0.941. The van der Waals surface area contributed by atoms with Crippen LogP contribution < -0.4 is 11.1 Å². The van der Waals surface area contributed by atoms with Gasteiger partial charge in [-0.1, -0.05) is 6.07 Å². The lowest BCUT2D eigenvalue weighted by Crippen LogP contribution is -2.48. The Morgan fingerprint density at radius 3 is 2.75 bits per heavy atom. The van der Waals surface area contributed by atoms with Gasteiger partial charge in [0.1, 0.15) is 6.04 Å². The number of aliphatic carboxylic acids is 1. The maximum atomic E-state index is 12.0. The standard InChI is InChI=1S/C13H18N2O4S/c14-10(9-2-1-7-20-9)11(16)15-8-13(12(17)18)3-5-19-6-4-13/h1-2,7,10H,3-6,8,14H2,(H,15,16)(H,17,18). The van der Waals surface area contributed by atoms with Crippen LogP contribution in [-0.4, -0.2) is 36.7 Å². The van der Waals surface area contributed by atoms with Crippen molar-refractivity contribution < 1.29 is 19.4 Å². The molecule has 0 saturated carbocycles. The van der Waals surface area contributed by atoms with Crippen molar-refractivity contribution >= 4 is 23.2 Å². The average molecular weight is 298 g/mol. The average Bonchev–Trinajstić information content (AvgIpc) is 2.99. The van der Waals surface area contributed by atoms with Crippen LogP contribution in [0.4, 0.5) is 0 Å². The molecule has 110 valence electrons. The Balaban J connectivity index is 1.95. The molecule has 2 rings (SSSR count). The normalized spacial score (nSPS) is 19.2. The van der Waals surface area contributed by atoms with Crippen LogP contribution in [0, 0.1) is 5.41 Å². The van der Waals surface area contributed by atoms with Gasteiger partial charge in [0.2, 0.25) is 5.91 Å². The quantitative estimate of drug-likeness (QED) is 0.744. The second kappa shape index (κ2) is 6.34. The lowest BCUT2D eigenvalue weighted by Gasteiger charge is -2.33. The third-order valence-electron chi connectivity index (χ3n) is 3.64. The van der Waals surface area contributed by atoms with Gasteiger partial charge in [0.05, 0.1) is 5.41 Å². The summed E-state index contributed by atoms with van der Waals surface area (Å²) in [4.78, 5) is 24.2. The number of nitrogens with two attached hydrogens (primary N) is 1. The highest BCUT2D eigenvalue weighted by molar-refractivity contribution is 7.10. The predicted molar refractivity (Wildman–Crippen MR) is 74.4 cm³/mol. The Labute approximate surface area is 120 Å². The summed E-state index contributed by atoms with van der Waals surface area (Å²) in [7, 11) is 0. The van der Waals surface area contributed by atoms with Crippen molar-refractivity contribution in [2.45, 2.75) is 18.9 Å². The first-order valence-corrected chi connectivity index (χ1v) is 7.31. The SMILES string of the molecule is NC(C(=O)NCC1(C(=O)O)CCOCC1)c1cccs1. The summed E-state index contributed by atoms with van der Waals surface area (Å²) in [6.07, 6.45) is 0.799. The van der Waals surface area contributed by atoms with Crippen LogP contribution in [-0.2, 0) is 14.3 Å². The highest BCUT2D eigenvalue weighted by atomic mass is 32.1. The first kappa shape index (κ1) is 15.0. The van der Waals surface area contributed by atoms with E-state index in [4.69, 9.17) is 10.5 Å². The summed E-state index contributed by atoms with van der Waals surface area (Å²) in [5, 5.41) is 13.9. The van der Waals surface area contributed by atoms with Gasteiger partial charge in [-0.25, -0.2) is 0 Å². The van der Waals surface area contributed by atoms with Crippen LogP contribution in [0.2, 0.25) is 0 Å². The molecule has 6 nitrogen and oxygen atoms in total. The fourth-order valence-electron chi connectivity index (χ4n) is 2.19. The third-order valence-corrected chi connectivity index (χ3v) is 4.59. The van der Waals surface area contributed by atoms with Gasteiger partial charge in [-0.2, -0.15) is 0 Å². The van der Waals surface area contributed by atoms with E-state index in [0.29, 0.717) is 26.1 Å². The second-order valence-electron chi connectivity index (χ2n) is 4.91. The summed E-state index contributed by atoms with van der Waals surface area (Å²) < 4.78 is 5.19. The van der Waals surface area contributed by atoms with E-state index in [9.17, 15) is 14.7 Å². The molecule has 1 aliphatic heterocycles. The number of nitrogens with one attached hydrogen (secondary N) is 1. The van der Waals surface area contributed by atoms with E-state index in [0.717, 1.165) is 4.88 Å². The van der Waals surface area contributed by atoms with Gasteiger partial charge in [0.25, 0.3) is 0 Å². The molecule has 0 aromatic carbocycles. The fourth-order valence-corrected chi connectivity index (χ4v) is 2.92. The van der Waals surface area contributed by atoms with Crippen LogP contribution in [0.15, 0.2) is 17.5 Å². The second-order valence-corrected chi connectivity index (χ2v) is 5.89. The van der Waals surface area contributed by atoms with E-state index in [-0.39, 0.29) is 12.5 Å². The Morgan fingerprint density at radius 1 is 1.50 bits per heavy atom. The number of carboxylic acid groups (broad SMARTS) is 1. The summed E-state index contributed by atoms with van der Waals surface area (Å²) >= 11 is 1.40. The summed E-state index contributed by atoms with van der Waals surface area (Å²) in [5.74, 6) is -1.25. The summed E-state index contributed by atoms with van der Waals surface area (Å²) in [6, 6.07) is 2.86. The Kier molecular flexibility index (Phi) is 4.74. The molecule has 1 unspecified atom stereocenters. The van der Waals surface area contributed by atoms with E-state index in [1.54, 1.807) is 6.07 Å². The lowest BCUT2D eigenvalue weighted by molar-refractivity contribution is -0.154. The molecule has 0 spiro atoms. The molecule has 1 aromatic heterocycles. The van der Waals surface area contributed by atoms with Gasteiger partial charge < -0.3 is 20.9 Å². The Hall–Kier alpha value is -1.44. The summed E-state index contributed by atoms with van der Waals surface area (Å²) in [6.45, 7) is 0.891. The molecule has 1 aliphatic rings. The number of carbonyl (C=O) groups excluding carboxylic acids is 1. The minimum Gasteiger partial charge on any atom is -0.481 e. The zero-order chi connectivity index (χ0) is 14.6. The molecule has 1 aromatic rings. The van der Waals surface area contributed by atoms with E-state index in [1.807, 2.05) is 11.4 Å². The zero-order valence-corrected chi connectivity index (χ0v) is 11.8. The third kappa shape index (κ3) is 3.17. The molecule has 7 heteroatoms. The van der Waals surface area contributed by atoms with Crippen LogP contribution in [0.5, 0.6) is 0 Å². The molecule has 1 fully saturated rings. The van der Waals surface area contributed by atoms with Gasteiger partial charge in [0.15, 0.2) is 0 Å². The summed E-state index contributed by atoms with van der Waals surface area (Å²) in [5.41, 5.74) is 4.90. The fraction of sp³-hybridized carbons (Fsp3) is 0.538. The molecule has 0 aliphatic carbocycles. The smallest absolute Gasteiger partial charge is 0.311 e. The number of rotatable bonds is 5. The number of carbonyl (C=O) groups is 2. The molecular weight excluding hydrogens is 280 g/mol. The number of amides is 1. The molecule has 1 amide bonds. The van der Waals surface area contributed by atoms with Crippen LogP contribution in [0.25, 0.3) is 0 Å². The first-order valence-electron chi connectivity index (χ1n) is 6.43. The molecule has 0 bridgehead atoms. The van der Waals surface area contributed by atoms with Crippen LogP contribution in [0.1, 0.15) is 23.8 Å². The van der Waals surface area contributed by atoms with Crippen molar-refractivity contribution in [2.24, 2.45) is 11.1 Å². The molecule has 0 radical (unpaired) electrons. The number of hydrogen-bond donors (Lipinski definition) is 3. The van der Waals surface area contributed by atoms with Crippen molar-refractivity contribution in [3.05, 3.63) is 22.4 Å². The van der Waals surface area contributed by atoms with E-state index in [1.165, 1.54) is 11.3 Å². The topological polar surface area (TPSA) is 102 Å².